The van der Waals surface area contributed by atoms with Crippen LogP contribution < -0.4 is 0 Å². The molecule has 0 bridgehead atoms. The highest BCUT2D eigenvalue weighted by Crippen LogP contribution is 2.36. The zero-order valence-corrected chi connectivity index (χ0v) is 7.51. The van der Waals surface area contributed by atoms with Gasteiger partial charge < -0.3 is 0 Å². The maximum absolute atomic E-state index is 12.6. The Kier molecular flexibility index (Phi) is 2.61. The maximum Gasteiger partial charge on any atom is 0.329 e. The van der Waals surface area contributed by atoms with E-state index in [-0.39, 0.29) is 0 Å². The number of benzene rings is 1. The van der Waals surface area contributed by atoms with E-state index in [1.165, 1.54) is 0 Å². The van der Waals surface area contributed by atoms with Crippen LogP contribution in [0.1, 0.15) is 5.56 Å². The number of halogens is 6. The van der Waals surface area contributed by atoms with Crippen molar-refractivity contribution in [2.24, 2.45) is 0 Å². The largest absolute Gasteiger partial charge is 0.329 e. The minimum Gasteiger partial charge on any atom is -0.204 e. The summed E-state index contributed by atoms with van der Waals surface area (Å²) in [6, 6.07) is 0.908. The van der Waals surface area contributed by atoms with Gasteiger partial charge in [0.2, 0.25) is 0 Å². The monoisotopic (exact) mass is 260 g/mol. The van der Waals surface area contributed by atoms with E-state index in [1.54, 1.807) is 0 Å². The number of hydrogen-bond acceptors (Lipinski definition) is 0. The van der Waals surface area contributed by atoms with Crippen molar-refractivity contribution in [1.82, 2.24) is 0 Å². The number of alkyl halides is 3. The molecule has 0 saturated heterocycles. The second-order valence-corrected chi connectivity index (χ2v) is 3.22. The molecular weight excluding hydrogens is 259 g/mol. The molecule has 0 atom stereocenters. The van der Waals surface area contributed by atoms with E-state index >= 15 is 0 Å². The Labute approximate surface area is 78.5 Å². The van der Waals surface area contributed by atoms with Gasteiger partial charge in [0.25, 0.3) is 0 Å². The maximum atomic E-state index is 12.6. The average Bonchev–Trinajstić information content (AvgIpc) is 1.98. The molecule has 0 unspecified atom stereocenters. The van der Waals surface area contributed by atoms with Gasteiger partial charge in [-0.3, -0.25) is 0 Å². The second kappa shape index (κ2) is 3.25. The fraction of sp³-hybridized carbons (Fsp3) is 0.143. The molecule has 1 aromatic rings. The van der Waals surface area contributed by atoms with Gasteiger partial charge in [-0.25, -0.2) is 13.2 Å². The Morgan fingerprint density at radius 2 is 1.54 bits per heavy atom. The standard InChI is InChI=1S/C7H2BrF5/c8-7(12,13)3-1-2-4(9)6(11)5(3)10/h1-2H. The van der Waals surface area contributed by atoms with Crippen LogP contribution in [0.15, 0.2) is 12.1 Å². The summed E-state index contributed by atoms with van der Waals surface area (Å²) in [6.45, 7) is 0. The van der Waals surface area contributed by atoms with E-state index < -0.39 is 27.8 Å². The van der Waals surface area contributed by atoms with Crippen LogP contribution in [0, 0.1) is 17.5 Å². The summed E-state index contributed by atoms with van der Waals surface area (Å²) >= 11 is 1.83. The van der Waals surface area contributed by atoms with Gasteiger partial charge in [-0.1, -0.05) is 0 Å². The van der Waals surface area contributed by atoms with Crippen molar-refractivity contribution in [3.63, 3.8) is 0 Å². The summed E-state index contributed by atoms with van der Waals surface area (Å²) in [4.78, 5) is -3.70. The first kappa shape index (κ1) is 10.4. The van der Waals surface area contributed by atoms with E-state index in [2.05, 4.69) is 0 Å². The molecular formula is C7H2BrF5. The summed E-state index contributed by atoms with van der Waals surface area (Å²) in [6.07, 6.45) is 0. The Hall–Kier alpha value is -0.650. The summed E-state index contributed by atoms with van der Waals surface area (Å²) < 4.78 is 62.2. The highest BCUT2D eigenvalue weighted by molar-refractivity contribution is 9.09. The van der Waals surface area contributed by atoms with Crippen molar-refractivity contribution in [1.29, 1.82) is 0 Å². The van der Waals surface area contributed by atoms with Gasteiger partial charge >= 0.3 is 4.83 Å². The van der Waals surface area contributed by atoms with Gasteiger partial charge in [-0.05, 0) is 28.1 Å². The molecule has 0 saturated carbocycles. The number of rotatable bonds is 1. The predicted molar refractivity (Wildman–Crippen MR) is 39.1 cm³/mol. The zero-order valence-electron chi connectivity index (χ0n) is 5.92. The molecule has 0 aliphatic heterocycles. The third-order valence-corrected chi connectivity index (χ3v) is 1.77. The van der Waals surface area contributed by atoms with Crippen molar-refractivity contribution in [2.45, 2.75) is 4.83 Å². The van der Waals surface area contributed by atoms with Crippen molar-refractivity contribution in [2.75, 3.05) is 0 Å². The normalized spacial score (nSPS) is 11.8. The van der Waals surface area contributed by atoms with Gasteiger partial charge in [0.1, 0.15) is 0 Å². The Bertz CT molecular complexity index is 330. The molecule has 0 fully saturated rings. The summed E-state index contributed by atoms with van der Waals surface area (Å²) in [5.41, 5.74) is -1.23. The lowest BCUT2D eigenvalue weighted by atomic mass is 10.2. The lowest BCUT2D eigenvalue weighted by Gasteiger charge is -2.09. The molecule has 1 rings (SSSR count). The predicted octanol–water partition coefficient (Wildman–Crippen LogP) is 3.55. The van der Waals surface area contributed by atoms with Crippen LogP contribution in [-0.4, -0.2) is 0 Å². The molecule has 0 N–H and O–H groups in total. The average molecular weight is 261 g/mol. The summed E-state index contributed by atoms with van der Waals surface area (Å²) in [5, 5.41) is 0. The third kappa shape index (κ3) is 1.99. The molecule has 0 aliphatic rings. The third-order valence-electron chi connectivity index (χ3n) is 1.34. The lowest BCUT2D eigenvalue weighted by Crippen LogP contribution is -2.08. The fourth-order valence-corrected chi connectivity index (χ4v) is 1.05. The SMILES string of the molecule is Fc1ccc(C(F)(F)Br)c(F)c1F. The first-order valence-corrected chi connectivity index (χ1v) is 3.84. The molecule has 0 heterocycles. The summed E-state index contributed by atoms with van der Waals surface area (Å²) in [7, 11) is 0. The Balaban J connectivity index is 3.35. The Morgan fingerprint density at radius 3 is 2.00 bits per heavy atom. The molecule has 0 spiro atoms. The minimum atomic E-state index is -3.70. The van der Waals surface area contributed by atoms with Crippen LogP contribution in [0.25, 0.3) is 0 Å². The van der Waals surface area contributed by atoms with E-state index in [4.69, 9.17) is 0 Å². The van der Waals surface area contributed by atoms with Gasteiger partial charge in [-0.15, -0.1) is 0 Å². The van der Waals surface area contributed by atoms with Crippen LogP contribution in [0.4, 0.5) is 22.0 Å². The van der Waals surface area contributed by atoms with Crippen LogP contribution in [-0.2, 0) is 4.83 Å². The van der Waals surface area contributed by atoms with Crippen LogP contribution in [0.2, 0.25) is 0 Å². The molecule has 0 radical (unpaired) electrons. The Morgan fingerprint density at radius 1 is 1.00 bits per heavy atom. The zero-order chi connectivity index (χ0) is 10.2. The molecule has 0 aliphatic carbocycles. The van der Waals surface area contributed by atoms with Crippen LogP contribution >= 0.6 is 15.9 Å². The molecule has 6 heteroatoms. The highest BCUT2D eigenvalue weighted by Gasteiger charge is 2.32. The first-order chi connectivity index (χ1) is 5.84. The smallest absolute Gasteiger partial charge is 0.204 e. The van der Waals surface area contributed by atoms with Gasteiger partial charge in [0.15, 0.2) is 17.5 Å². The fourth-order valence-electron chi connectivity index (χ4n) is 0.745. The quantitative estimate of drug-likeness (QED) is 0.412. The van der Waals surface area contributed by atoms with Crippen molar-refractivity contribution in [3.8, 4) is 0 Å². The van der Waals surface area contributed by atoms with Crippen molar-refractivity contribution in [3.05, 3.63) is 35.1 Å². The minimum absolute atomic E-state index is 0.433. The van der Waals surface area contributed by atoms with Crippen molar-refractivity contribution >= 4 is 15.9 Å². The molecule has 1 aromatic carbocycles. The molecule has 13 heavy (non-hydrogen) atoms. The van der Waals surface area contributed by atoms with E-state index in [0.29, 0.717) is 12.1 Å². The van der Waals surface area contributed by atoms with Gasteiger partial charge in [-0.2, -0.15) is 8.78 Å². The first-order valence-electron chi connectivity index (χ1n) is 3.04. The lowest BCUT2D eigenvalue weighted by molar-refractivity contribution is 0.108. The van der Waals surface area contributed by atoms with E-state index in [9.17, 15) is 22.0 Å². The second-order valence-electron chi connectivity index (χ2n) is 2.22. The highest BCUT2D eigenvalue weighted by atomic mass is 79.9. The molecule has 0 aromatic heterocycles. The molecule has 0 amide bonds. The topological polar surface area (TPSA) is 0 Å². The van der Waals surface area contributed by atoms with Crippen molar-refractivity contribution < 1.29 is 22.0 Å². The van der Waals surface area contributed by atoms with Gasteiger partial charge in [0, 0.05) is 0 Å². The molecule has 0 nitrogen and oxygen atoms in total. The number of hydrogen-bond donors (Lipinski definition) is 0. The van der Waals surface area contributed by atoms with Crippen LogP contribution in [0.3, 0.4) is 0 Å². The van der Waals surface area contributed by atoms with Crippen LogP contribution in [0.5, 0.6) is 0 Å². The van der Waals surface area contributed by atoms with E-state index in [0.717, 1.165) is 0 Å². The summed E-state index contributed by atoms with van der Waals surface area (Å²) in [5.74, 6) is -5.29. The van der Waals surface area contributed by atoms with Gasteiger partial charge in [0.05, 0.1) is 5.56 Å². The van der Waals surface area contributed by atoms with E-state index in [1.807, 2.05) is 15.9 Å². The molecule has 72 valence electrons.